The fraction of sp³-hybridized carbons (Fsp3) is 0.609. The van der Waals surface area contributed by atoms with E-state index < -0.39 is 51.9 Å². The summed E-state index contributed by atoms with van der Waals surface area (Å²) in [5.41, 5.74) is -0.639. The Balaban J connectivity index is 2.06. The van der Waals surface area contributed by atoms with Crippen molar-refractivity contribution in [2.75, 3.05) is 19.4 Å². The molecule has 1 saturated heterocycles. The molecular weight excluding hydrogens is 434 g/mol. The number of carbonyl (C=O) groups excluding carboxylic acids is 1. The number of hydrogen-bond donors (Lipinski definition) is 2. The van der Waals surface area contributed by atoms with Crippen molar-refractivity contribution in [1.29, 1.82) is 0 Å². The van der Waals surface area contributed by atoms with Crippen molar-refractivity contribution in [2.24, 2.45) is 5.92 Å². The van der Waals surface area contributed by atoms with E-state index in [1.807, 2.05) is 0 Å². The third kappa shape index (κ3) is 7.58. The first-order valence-electron chi connectivity index (χ1n) is 10.7. The van der Waals surface area contributed by atoms with Crippen molar-refractivity contribution in [3.63, 3.8) is 0 Å². The SMILES string of the molecule is C=CC[C@@H]1O[C@H](C[C@H](O)CNC(=O)OC(C)(C)C)[C@H](OC)[C@H]1CS(=O)(=O)c1ccccc1. The summed E-state index contributed by atoms with van der Waals surface area (Å²) in [5.74, 6) is -0.573. The van der Waals surface area contributed by atoms with Crippen molar-refractivity contribution < 1.29 is 32.5 Å². The lowest BCUT2D eigenvalue weighted by atomic mass is 9.94. The predicted octanol–water partition coefficient (Wildman–Crippen LogP) is 2.71. The van der Waals surface area contributed by atoms with Crippen molar-refractivity contribution in [3.05, 3.63) is 43.0 Å². The van der Waals surface area contributed by atoms with E-state index >= 15 is 0 Å². The van der Waals surface area contributed by atoms with Gasteiger partial charge in [0.25, 0.3) is 0 Å². The fourth-order valence-corrected chi connectivity index (χ4v) is 5.52. The van der Waals surface area contributed by atoms with Gasteiger partial charge in [-0.1, -0.05) is 24.3 Å². The second-order valence-electron chi connectivity index (χ2n) is 8.97. The van der Waals surface area contributed by atoms with Gasteiger partial charge in [-0.05, 0) is 39.3 Å². The van der Waals surface area contributed by atoms with Crippen LogP contribution in [0.3, 0.4) is 0 Å². The Morgan fingerprint density at radius 3 is 2.50 bits per heavy atom. The van der Waals surface area contributed by atoms with Crippen LogP contribution in [0.4, 0.5) is 4.79 Å². The van der Waals surface area contributed by atoms with Gasteiger partial charge in [0.1, 0.15) is 5.60 Å². The van der Waals surface area contributed by atoms with Crippen LogP contribution in [-0.4, -0.2) is 69.0 Å². The minimum atomic E-state index is -3.56. The van der Waals surface area contributed by atoms with Gasteiger partial charge in [-0.25, -0.2) is 13.2 Å². The van der Waals surface area contributed by atoms with Crippen LogP contribution in [0.25, 0.3) is 0 Å². The molecule has 1 heterocycles. The molecule has 0 aromatic heterocycles. The highest BCUT2D eigenvalue weighted by atomic mass is 32.2. The zero-order valence-corrected chi connectivity index (χ0v) is 20.0. The van der Waals surface area contributed by atoms with Crippen LogP contribution in [0.5, 0.6) is 0 Å². The molecule has 0 saturated carbocycles. The van der Waals surface area contributed by atoms with Gasteiger partial charge in [-0.3, -0.25) is 0 Å². The van der Waals surface area contributed by atoms with Gasteiger partial charge in [-0.15, -0.1) is 6.58 Å². The van der Waals surface area contributed by atoms with E-state index in [0.29, 0.717) is 6.42 Å². The maximum Gasteiger partial charge on any atom is 0.407 e. The van der Waals surface area contributed by atoms with Crippen LogP contribution in [-0.2, 0) is 24.0 Å². The number of aliphatic hydroxyl groups is 1. The summed E-state index contributed by atoms with van der Waals surface area (Å²) in [4.78, 5) is 12.1. The lowest BCUT2D eigenvalue weighted by Gasteiger charge is -2.24. The van der Waals surface area contributed by atoms with Crippen LogP contribution in [0.15, 0.2) is 47.9 Å². The molecule has 0 radical (unpaired) electrons. The smallest absolute Gasteiger partial charge is 0.407 e. The number of methoxy groups -OCH3 is 1. The molecule has 1 amide bonds. The summed E-state index contributed by atoms with van der Waals surface area (Å²) in [5, 5.41) is 13.0. The molecule has 0 unspecified atom stereocenters. The van der Waals surface area contributed by atoms with Gasteiger partial charge in [0.2, 0.25) is 0 Å². The topological polar surface area (TPSA) is 111 Å². The minimum absolute atomic E-state index is 0.0235. The average molecular weight is 470 g/mol. The molecule has 1 aromatic carbocycles. The summed E-state index contributed by atoms with van der Waals surface area (Å²) < 4.78 is 42.8. The Kier molecular flexibility index (Phi) is 9.27. The first kappa shape index (κ1) is 26.3. The lowest BCUT2D eigenvalue weighted by molar-refractivity contribution is -0.0310. The van der Waals surface area contributed by atoms with E-state index in [1.54, 1.807) is 57.2 Å². The highest BCUT2D eigenvalue weighted by molar-refractivity contribution is 7.91. The third-order valence-electron chi connectivity index (χ3n) is 5.19. The number of hydrogen-bond acceptors (Lipinski definition) is 7. The van der Waals surface area contributed by atoms with Crippen LogP contribution < -0.4 is 5.32 Å². The Bertz CT molecular complexity index is 851. The van der Waals surface area contributed by atoms with E-state index in [1.165, 1.54) is 7.11 Å². The van der Waals surface area contributed by atoms with E-state index in [-0.39, 0.29) is 23.6 Å². The molecule has 0 aliphatic carbocycles. The lowest BCUT2D eigenvalue weighted by Crippen LogP contribution is -2.40. The van der Waals surface area contributed by atoms with Crippen LogP contribution >= 0.6 is 0 Å². The van der Waals surface area contributed by atoms with Crippen molar-refractivity contribution in [2.45, 2.75) is 68.5 Å². The first-order valence-corrected chi connectivity index (χ1v) is 12.3. The molecule has 2 N–H and O–H groups in total. The van der Waals surface area contributed by atoms with Crippen LogP contribution in [0.1, 0.15) is 33.6 Å². The monoisotopic (exact) mass is 469 g/mol. The van der Waals surface area contributed by atoms with E-state index in [9.17, 15) is 18.3 Å². The number of sulfone groups is 1. The number of benzene rings is 1. The molecule has 9 heteroatoms. The summed E-state index contributed by atoms with van der Waals surface area (Å²) in [7, 11) is -2.05. The van der Waals surface area contributed by atoms with E-state index in [4.69, 9.17) is 14.2 Å². The third-order valence-corrected chi connectivity index (χ3v) is 7.00. The highest BCUT2D eigenvalue weighted by Crippen LogP contribution is 2.35. The summed E-state index contributed by atoms with van der Waals surface area (Å²) >= 11 is 0. The quantitative estimate of drug-likeness (QED) is 0.507. The van der Waals surface area contributed by atoms with Crippen LogP contribution in [0.2, 0.25) is 0 Å². The molecule has 8 nitrogen and oxygen atoms in total. The molecule has 1 aliphatic heterocycles. The number of nitrogens with one attached hydrogen (secondary N) is 1. The predicted molar refractivity (Wildman–Crippen MR) is 121 cm³/mol. The zero-order chi connectivity index (χ0) is 23.9. The molecule has 0 spiro atoms. The number of alkyl carbamates (subject to hydrolysis) is 1. The molecular formula is C23H35NO7S. The number of ether oxygens (including phenoxy) is 3. The molecule has 1 fully saturated rings. The second kappa shape index (κ2) is 11.3. The van der Waals surface area contributed by atoms with Crippen LogP contribution in [0, 0.1) is 5.92 Å². The van der Waals surface area contributed by atoms with Crippen molar-refractivity contribution in [3.8, 4) is 0 Å². The number of amides is 1. The Labute approximate surface area is 190 Å². The van der Waals surface area contributed by atoms with Crippen molar-refractivity contribution >= 4 is 15.9 Å². The Morgan fingerprint density at radius 2 is 1.94 bits per heavy atom. The number of aliphatic hydroxyl groups excluding tert-OH is 1. The van der Waals surface area contributed by atoms with E-state index in [2.05, 4.69) is 11.9 Å². The summed E-state index contributed by atoms with van der Waals surface area (Å²) in [6, 6.07) is 8.27. The fourth-order valence-electron chi connectivity index (χ4n) is 3.85. The highest BCUT2D eigenvalue weighted by Gasteiger charge is 2.46. The van der Waals surface area contributed by atoms with Gasteiger partial charge in [0.05, 0.1) is 35.1 Å². The van der Waals surface area contributed by atoms with Gasteiger partial charge in [-0.2, -0.15) is 0 Å². The molecule has 1 aliphatic rings. The molecule has 1 aromatic rings. The van der Waals surface area contributed by atoms with Gasteiger partial charge in [0.15, 0.2) is 9.84 Å². The second-order valence-corrected chi connectivity index (χ2v) is 11.0. The standard InChI is InChI=1S/C23H35NO7S/c1-6-10-19-18(15-32(27,28)17-11-8-7-9-12-17)21(29-5)20(30-19)13-16(25)14-24-22(26)31-23(2,3)4/h6-9,11-12,16,18-21,25H,1,10,13-15H2,2-5H3,(H,24,26)/t16-,18-,19-,20+,21+/m0/s1. The molecule has 2 rings (SSSR count). The normalized spacial score (nSPS) is 24.7. The van der Waals surface area contributed by atoms with Gasteiger partial charge in [0, 0.05) is 26.0 Å². The molecule has 0 bridgehead atoms. The summed E-state index contributed by atoms with van der Waals surface area (Å²) in [6.45, 7) is 8.98. The maximum atomic E-state index is 13.0. The van der Waals surface area contributed by atoms with E-state index in [0.717, 1.165) is 0 Å². The first-order chi connectivity index (χ1) is 15.0. The zero-order valence-electron chi connectivity index (χ0n) is 19.2. The Morgan fingerprint density at radius 1 is 1.28 bits per heavy atom. The Hall–Kier alpha value is -1.94. The van der Waals surface area contributed by atoms with Gasteiger partial charge < -0.3 is 24.6 Å². The van der Waals surface area contributed by atoms with Gasteiger partial charge >= 0.3 is 6.09 Å². The molecule has 180 valence electrons. The molecule has 32 heavy (non-hydrogen) atoms. The minimum Gasteiger partial charge on any atom is -0.444 e. The number of carbonyl (C=O) groups is 1. The number of rotatable bonds is 10. The summed E-state index contributed by atoms with van der Waals surface area (Å²) in [6.07, 6.45) is -0.704. The average Bonchev–Trinajstić information content (AvgIpc) is 3.01. The largest absolute Gasteiger partial charge is 0.444 e. The maximum absolute atomic E-state index is 13.0. The van der Waals surface area contributed by atoms with Crippen molar-refractivity contribution in [1.82, 2.24) is 5.32 Å². The molecule has 5 atom stereocenters.